The molecular weight excluding hydrogens is 430 g/mol. The Labute approximate surface area is 196 Å². The van der Waals surface area contributed by atoms with Gasteiger partial charge in [0, 0.05) is 43.5 Å². The molecule has 0 saturated heterocycles. The van der Waals surface area contributed by atoms with Gasteiger partial charge in [0.05, 0.1) is 16.9 Å². The molecule has 34 heavy (non-hydrogen) atoms. The maximum absolute atomic E-state index is 13.8. The van der Waals surface area contributed by atoms with E-state index < -0.39 is 6.35 Å². The van der Waals surface area contributed by atoms with Gasteiger partial charge in [-0.05, 0) is 37.1 Å². The minimum Gasteiger partial charge on any atom is -0.356 e. The van der Waals surface area contributed by atoms with Crippen LogP contribution in [0.2, 0.25) is 0 Å². The number of carbonyl (C=O) groups is 1. The average Bonchev–Trinajstić information content (AvgIpc) is 3.59. The number of anilines is 4. The second kappa shape index (κ2) is 7.50. The molecule has 2 N–H and O–H groups in total. The SMILES string of the molecule is Cn1c2c(c(Nc3cccc4ccn(C)c34)cc1=O)C(=O)N(C1CC1)C(O)N2c1ccccc1. The minimum absolute atomic E-state index is 0.0248. The molecule has 1 atom stereocenters. The first-order valence-electron chi connectivity index (χ1n) is 11.4. The van der Waals surface area contributed by atoms with Crippen molar-refractivity contribution >= 4 is 39.7 Å². The molecule has 0 bridgehead atoms. The van der Waals surface area contributed by atoms with Gasteiger partial charge in [-0.25, -0.2) is 0 Å². The fourth-order valence-corrected chi connectivity index (χ4v) is 4.90. The van der Waals surface area contributed by atoms with Gasteiger partial charge in [0.15, 0.2) is 0 Å². The van der Waals surface area contributed by atoms with Crippen molar-refractivity contribution in [2.75, 3.05) is 10.2 Å². The molecule has 172 valence electrons. The van der Waals surface area contributed by atoms with Crippen LogP contribution in [0.5, 0.6) is 0 Å². The molecule has 1 aliphatic carbocycles. The molecule has 2 aromatic heterocycles. The van der Waals surface area contributed by atoms with Crippen LogP contribution in [0, 0.1) is 0 Å². The van der Waals surface area contributed by atoms with E-state index in [0.29, 0.717) is 22.8 Å². The van der Waals surface area contributed by atoms with Crippen LogP contribution in [-0.4, -0.2) is 37.4 Å². The monoisotopic (exact) mass is 455 g/mol. The fourth-order valence-electron chi connectivity index (χ4n) is 4.90. The summed E-state index contributed by atoms with van der Waals surface area (Å²) in [4.78, 5) is 30.1. The van der Waals surface area contributed by atoms with E-state index in [9.17, 15) is 14.7 Å². The first-order valence-corrected chi connectivity index (χ1v) is 11.4. The number of nitrogens with one attached hydrogen (secondary N) is 1. The van der Waals surface area contributed by atoms with Crippen molar-refractivity contribution in [1.82, 2.24) is 14.0 Å². The van der Waals surface area contributed by atoms with Crippen LogP contribution in [-0.2, 0) is 14.1 Å². The van der Waals surface area contributed by atoms with E-state index >= 15 is 0 Å². The summed E-state index contributed by atoms with van der Waals surface area (Å²) in [6, 6.07) is 18.7. The highest BCUT2D eigenvalue weighted by molar-refractivity contribution is 6.08. The van der Waals surface area contributed by atoms with Crippen LogP contribution in [0.3, 0.4) is 0 Å². The predicted molar refractivity (Wildman–Crippen MR) is 132 cm³/mol. The average molecular weight is 456 g/mol. The number of aliphatic hydroxyl groups is 1. The van der Waals surface area contributed by atoms with Gasteiger partial charge in [-0.3, -0.25) is 24.0 Å². The van der Waals surface area contributed by atoms with Gasteiger partial charge in [0.2, 0.25) is 6.35 Å². The molecule has 8 nitrogen and oxygen atoms in total. The van der Waals surface area contributed by atoms with Crippen molar-refractivity contribution in [2.24, 2.45) is 14.1 Å². The molecule has 1 fully saturated rings. The summed E-state index contributed by atoms with van der Waals surface area (Å²) < 4.78 is 3.44. The summed E-state index contributed by atoms with van der Waals surface area (Å²) in [5.41, 5.74) is 2.99. The number of amides is 1. The minimum atomic E-state index is -1.20. The highest BCUT2D eigenvalue weighted by atomic mass is 16.3. The highest BCUT2D eigenvalue weighted by Gasteiger charge is 2.47. The number of hydrogen-bond acceptors (Lipinski definition) is 5. The molecule has 0 radical (unpaired) electrons. The maximum atomic E-state index is 13.8. The Balaban J connectivity index is 1.59. The molecule has 2 aliphatic rings. The van der Waals surface area contributed by atoms with E-state index in [1.165, 1.54) is 15.5 Å². The molecule has 1 unspecified atom stereocenters. The number of hydrogen-bond donors (Lipinski definition) is 2. The number of pyridine rings is 1. The van der Waals surface area contributed by atoms with E-state index in [1.807, 2.05) is 72.4 Å². The lowest BCUT2D eigenvalue weighted by Gasteiger charge is -2.43. The molecule has 1 amide bonds. The molecular formula is C26H25N5O3. The van der Waals surface area contributed by atoms with E-state index in [4.69, 9.17) is 0 Å². The van der Waals surface area contributed by atoms with E-state index in [0.717, 1.165) is 29.4 Å². The first-order chi connectivity index (χ1) is 16.5. The maximum Gasteiger partial charge on any atom is 0.263 e. The first kappa shape index (κ1) is 20.6. The van der Waals surface area contributed by atoms with Gasteiger partial charge >= 0.3 is 0 Å². The van der Waals surface area contributed by atoms with Gasteiger partial charge in [-0.15, -0.1) is 0 Å². The number of rotatable bonds is 4. The summed E-state index contributed by atoms with van der Waals surface area (Å²) in [7, 11) is 3.59. The Morgan fingerprint density at radius 2 is 1.71 bits per heavy atom. The Bertz CT molecular complexity index is 1490. The predicted octanol–water partition coefficient (Wildman–Crippen LogP) is 3.65. The van der Waals surface area contributed by atoms with Gasteiger partial charge < -0.3 is 15.0 Å². The number of aliphatic hydroxyl groups excluding tert-OH is 1. The van der Waals surface area contributed by atoms with E-state index in [2.05, 4.69) is 5.32 Å². The van der Waals surface area contributed by atoms with Gasteiger partial charge in [0.1, 0.15) is 11.4 Å². The largest absolute Gasteiger partial charge is 0.356 e. The molecule has 3 heterocycles. The summed E-state index contributed by atoms with van der Waals surface area (Å²) >= 11 is 0. The Morgan fingerprint density at radius 1 is 0.941 bits per heavy atom. The van der Waals surface area contributed by atoms with Gasteiger partial charge in [-0.1, -0.05) is 30.3 Å². The van der Waals surface area contributed by atoms with Crippen molar-refractivity contribution in [3.63, 3.8) is 0 Å². The summed E-state index contributed by atoms with van der Waals surface area (Å²) in [6.07, 6.45) is 2.46. The van der Waals surface area contributed by atoms with Crippen molar-refractivity contribution in [2.45, 2.75) is 25.2 Å². The lowest BCUT2D eigenvalue weighted by Crippen LogP contribution is -2.56. The van der Waals surface area contributed by atoms with Crippen LogP contribution in [0.15, 0.2) is 71.7 Å². The number of fused-ring (bicyclic) bond motifs is 2. The van der Waals surface area contributed by atoms with Crippen LogP contribution in [0.1, 0.15) is 23.2 Å². The molecule has 6 rings (SSSR count). The van der Waals surface area contributed by atoms with Crippen LogP contribution in [0.25, 0.3) is 10.9 Å². The zero-order valence-corrected chi connectivity index (χ0v) is 19.0. The third-order valence-electron chi connectivity index (χ3n) is 6.71. The molecule has 2 aromatic carbocycles. The lowest BCUT2D eigenvalue weighted by atomic mass is 10.1. The fraction of sp³-hybridized carbons (Fsp3) is 0.231. The van der Waals surface area contributed by atoms with Crippen molar-refractivity contribution in [1.29, 1.82) is 0 Å². The highest BCUT2D eigenvalue weighted by Crippen LogP contribution is 2.43. The van der Waals surface area contributed by atoms with Gasteiger partial charge in [-0.2, -0.15) is 0 Å². The summed E-state index contributed by atoms with van der Waals surface area (Å²) in [5, 5.41) is 15.8. The number of nitrogens with zero attached hydrogens (tertiary/aromatic N) is 4. The number of benzene rings is 2. The second-order valence-corrected chi connectivity index (χ2v) is 8.94. The molecule has 8 heteroatoms. The Kier molecular flexibility index (Phi) is 4.53. The van der Waals surface area contributed by atoms with Crippen LogP contribution >= 0.6 is 0 Å². The quantitative estimate of drug-likeness (QED) is 0.491. The number of aromatic nitrogens is 2. The van der Waals surface area contributed by atoms with Crippen molar-refractivity contribution in [3.05, 3.63) is 82.8 Å². The Hall–Kier alpha value is -4.04. The molecule has 4 aromatic rings. The zero-order valence-electron chi connectivity index (χ0n) is 19.0. The topological polar surface area (TPSA) is 82.7 Å². The van der Waals surface area contributed by atoms with E-state index in [1.54, 1.807) is 11.9 Å². The van der Waals surface area contributed by atoms with Crippen LogP contribution < -0.4 is 15.8 Å². The molecule has 1 aliphatic heterocycles. The zero-order chi connectivity index (χ0) is 23.6. The number of carbonyl (C=O) groups excluding carboxylic acids is 1. The smallest absolute Gasteiger partial charge is 0.263 e. The second-order valence-electron chi connectivity index (χ2n) is 8.94. The van der Waals surface area contributed by atoms with E-state index in [-0.39, 0.29) is 17.5 Å². The normalized spacial score (nSPS) is 17.9. The number of aryl methyl sites for hydroxylation is 1. The van der Waals surface area contributed by atoms with Crippen molar-refractivity contribution in [3.8, 4) is 0 Å². The van der Waals surface area contributed by atoms with Crippen LogP contribution in [0.4, 0.5) is 22.9 Å². The molecule has 1 saturated carbocycles. The summed E-state index contributed by atoms with van der Waals surface area (Å²) in [5.74, 6) is 0.0870. The summed E-state index contributed by atoms with van der Waals surface area (Å²) in [6.45, 7) is 0. The third-order valence-corrected chi connectivity index (χ3v) is 6.71. The standard InChI is InChI=1S/C26H25N5O3/c1-28-14-13-16-7-6-10-19(23(16)28)27-20-15-21(32)29(2)24-22(20)25(33)31(18-11-12-18)26(34)30(24)17-8-4-3-5-9-17/h3-10,13-15,18,26-27,34H,11-12H2,1-2H3. The Morgan fingerprint density at radius 3 is 2.44 bits per heavy atom. The van der Waals surface area contributed by atoms with Crippen molar-refractivity contribution < 1.29 is 9.90 Å². The third kappa shape index (κ3) is 3.03. The lowest BCUT2D eigenvalue weighted by molar-refractivity contribution is 0.00267. The van der Waals surface area contributed by atoms with Gasteiger partial charge in [0.25, 0.3) is 11.5 Å². The molecule has 0 spiro atoms. The number of para-hydroxylation sites is 2.